The molecule has 1 rings (SSSR count). The second-order valence-corrected chi connectivity index (χ2v) is 4.90. The van der Waals surface area contributed by atoms with Crippen LogP contribution in [0.4, 0.5) is 10.5 Å². The van der Waals surface area contributed by atoms with Gasteiger partial charge in [0.15, 0.2) is 0 Å². The molecular formula is C13H19NO2. The second-order valence-electron chi connectivity index (χ2n) is 4.90. The summed E-state index contributed by atoms with van der Waals surface area (Å²) in [5, 5.41) is 2.68. The van der Waals surface area contributed by atoms with Gasteiger partial charge in [-0.2, -0.15) is 0 Å². The number of rotatable bonds is 1. The molecule has 1 amide bonds. The van der Waals surface area contributed by atoms with Crippen LogP contribution >= 0.6 is 0 Å². The fourth-order valence-electron chi connectivity index (χ4n) is 1.43. The molecule has 1 aromatic rings. The van der Waals surface area contributed by atoms with Gasteiger partial charge in [-0.1, -0.05) is 32.9 Å². The van der Waals surface area contributed by atoms with E-state index >= 15 is 0 Å². The second kappa shape index (κ2) is 4.56. The van der Waals surface area contributed by atoms with Crippen molar-refractivity contribution in [1.29, 1.82) is 0 Å². The highest BCUT2D eigenvalue weighted by molar-refractivity contribution is 5.85. The Balaban J connectivity index is 2.96. The van der Waals surface area contributed by atoms with Crippen LogP contribution in [-0.4, -0.2) is 13.2 Å². The van der Waals surface area contributed by atoms with Gasteiger partial charge in [-0.05, 0) is 29.5 Å². The fourth-order valence-corrected chi connectivity index (χ4v) is 1.43. The Morgan fingerprint density at radius 1 is 1.31 bits per heavy atom. The Morgan fingerprint density at radius 3 is 2.38 bits per heavy atom. The molecule has 16 heavy (non-hydrogen) atoms. The van der Waals surface area contributed by atoms with E-state index in [1.165, 1.54) is 12.7 Å². The lowest BCUT2D eigenvalue weighted by Crippen LogP contribution is -2.14. The standard InChI is InChI=1S/C13H19NO2/c1-9-8-10(13(2,3)4)6-7-11(9)14-12(15)16-5/h6-8H,1-5H3,(H,14,15). The van der Waals surface area contributed by atoms with Gasteiger partial charge in [0.1, 0.15) is 0 Å². The van der Waals surface area contributed by atoms with E-state index in [0.29, 0.717) is 0 Å². The number of ether oxygens (including phenoxy) is 1. The van der Waals surface area contributed by atoms with Crippen molar-refractivity contribution in [3.8, 4) is 0 Å². The third kappa shape index (κ3) is 2.99. The van der Waals surface area contributed by atoms with Crippen molar-refractivity contribution in [2.75, 3.05) is 12.4 Å². The first-order chi connectivity index (χ1) is 7.34. The van der Waals surface area contributed by atoms with Crippen LogP contribution < -0.4 is 5.32 Å². The Hall–Kier alpha value is -1.51. The molecule has 0 aliphatic heterocycles. The zero-order valence-corrected chi connectivity index (χ0v) is 10.5. The van der Waals surface area contributed by atoms with Gasteiger partial charge in [-0.15, -0.1) is 0 Å². The first kappa shape index (κ1) is 12.6. The summed E-state index contributed by atoms with van der Waals surface area (Å²) >= 11 is 0. The molecule has 0 fully saturated rings. The van der Waals surface area contributed by atoms with Gasteiger partial charge < -0.3 is 4.74 Å². The molecule has 0 saturated carbocycles. The summed E-state index contributed by atoms with van der Waals surface area (Å²) in [4.78, 5) is 11.1. The smallest absolute Gasteiger partial charge is 0.411 e. The maximum absolute atomic E-state index is 11.1. The van der Waals surface area contributed by atoms with Crippen LogP contribution in [0.2, 0.25) is 0 Å². The average Bonchev–Trinajstić information content (AvgIpc) is 2.19. The topological polar surface area (TPSA) is 38.3 Å². The third-order valence-electron chi connectivity index (χ3n) is 2.51. The molecule has 0 bridgehead atoms. The molecule has 1 N–H and O–H groups in total. The molecule has 0 atom stereocenters. The molecule has 3 nitrogen and oxygen atoms in total. The molecule has 0 unspecified atom stereocenters. The summed E-state index contributed by atoms with van der Waals surface area (Å²) in [7, 11) is 1.36. The predicted octanol–water partition coefficient (Wildman–Crippen LogP) is 3.47. The molecule has 88 valence electrons. The van der Waals surface area contributed by atoms with E-state index in [9.17, 15) is 4.79 Å². The summed E-state index contributed by atoms with van der Waals surface area (Å²) in [6.07, 6.45) is -0.438. The number of methoxy groups -OCH3 is 1. The summed E-state index contributed by atoms with van der Waals surface area (Å²) in [5.74, 6) is 0. The van der Waals surface area contributed by atoms with Crippen LogP contribution in [0.3, 0.4) is 0 Å². The van der Waals surface area contributed by atoms with Crippen molar-refractivity contribution in [1.82, 2.24) is 0 Å². The number of hydrogen-bond donors (Lipinski definition) is 1. The van der Waals surface area contributed by atoms with Crippen LogP contribution in [0.5, 0.6) is 0 Å². The molecule has 3 heteroatoms. The highest BCUT2D eigenvalue weighted by atomic mass is 16.5. The number of anilines is 1. The first-order valence-corrected chi connectivity index (χ1v) is 5.30. The third-order valence-corrected chi connectivity index (χ3v) is 2.51. The van der Waals surface area contributed by atoms with E-state index in [0.717, 1.165) is 11.3 Å². The normalized spacial score (nSPS) is 11.1. The molecule has 0 spiro atoms. The van der Waals surface area contributed by atoms with Gasteiger partial charge in [-0.25, -0.2) is 4.79 Å². The lowest BCUT2D eigenvalue weighted by Gasteiger charge is -2.20. The molecule has 0 radical (unpaired) electrons. The van der Waals surface area contributed by atoms with E-state index in [4.69, 9.17) is 0 Å². The SMILES string of the molecule is COC(=O)Nc1ccc(C(C)(C)C)cc1C. The number of nitrogens with one attached hydrogen (secondary N) is 1. The summed E-state index contributed by atoms with van der Waals surface area (Å²) in [5.41, 5.74) is 3.20. The summed E-state index contributed by atoms with van der Waals surface area (Å²) < 4.78 is 4.56. The van der Waals surface area contributed by atoms with Crippen molar-refractivity contribution in [2.45, 2.75) is 33.1 Å². The molecule has 0 aliphatic carbocycles. The zero-order valence-electron chi connectivity index (χ0n) is 10.5. The van der Waals surface area contributed by atoms with E-state index in [1.807, 2.05) is 19.1 Å². The number of benzene rings is 1. The number of amides is 1. The molecule has 0 aliphatic rings. The lowest BCUT2D eigenvalue weighted by atomic mass is 9.86. The van der Waals surface area contributed by atoms with E-state index in [-0.39, 0.29) is 5.41 Å². The monoisotopic (exact) mass is 221 g/mol. The van der Waals surface area contributed by atoms with Crippen molar-refractivity contribution in [3.05, 3.63) is 29.3 Å². The van der Waals surface area contributed by atoms with E-state index < -0.39 is 6.09 Å². The van der Waals surface area contributed by atoms with E-state index in [1.54, 1.807) is 0 Å². The zero-order chi connectivity index (χ0) is 12.3. The quantitative estimate of drug-likeness (QED) is 0.788. The maximum atomic E-state index is 11.1. The minimum Gasteiger partial charge on any atom is -0.453 e. The van der Waals surface area contributed by atoms with E-state index in [2.05, 4.69) is 36.9 Å². The fraction of sp³-hybridized carbons (Fsp3) is 0.462. The van der Waals surface area contributed by atoms with Crippen LogP contribution in [0.1, 0.15) is 31.9 Å². The Morgan fingerprint density at radius 2 is 1.94 bits per heavy atom. The first-order valence-electron chi connectivity index (χ1n) is 5.30. The average molecular weight is 221 g/mol. The van der Waals surface area contributed by atoms with Crippen molar-refractivity contribution >= 4 is 11.8 Å². The number of aryl methyl sites for hydroxylation is 1. The van der Waals surface area contributed by atoms with Gasteiger partial charge in [0.2, 0.25) is 0 Å². The Kier molecular flexibility index (Phi) is 3.58. The Labute approximate surface area is 96.8 Å². The van der Waals surface area contributed by atoms with Crippen LogP contribution in [0.25, 0.3) is 0 Å². The number of carbonyl (C=O) groups excluding carboxylic acids is 1. The number of carbonyl (C=O) groups is 1. The predicted molar refractivity (Wildman–Crippen MR) is 65.9 cm³/mol. The minimum atomic E-state index is -0.438. The van der Waals surface area contributed by atoms with Gasteiger partial charge >= 0.3 is 6.09 Å². The number of hydrogen-bond acceptors (Lipinski definition) is 2. The molecular weight excluding hydrogens is 202 g/mol. The van der Waals surface area contributed by atoms with Crippen LogP contribution in [0.15, 0.2) is 18.2 Å². The minimum absolute atomic E-state index is 0.120. The highest BCUT2D eigenvalue weighted by Gasteiger charge is 2.14. The molecule has 0 heterocycles. The van der Waals surface area contributed by atoms with Crippen LogP contribution in [0, 0.1) is 6.92 Å². The van der Waals surface area contributed by atoms with Gasteiger partial charge in [0, 0.05) is 5.69 Å². The van der Waals surface area contributed by atoms with Crippen LogP contribution in [-0.2, 0) is 10.2 Å². The largest absolute Gasteiger partial charge is 0.453 e. The molecule has 0 aromatic heterocycles. The highest BCUT2D eigenvalue weighted by Crippen LogP contribution is 2.26. The van der Waals surface area contributed by atoms with Gasteiger partial charge in [0.05, 0.1) is 7.11 Å². The molecule has 0 saturated heterocycles. The van der Waals surface area contributed by atoms with Crippen molar-refractivity contribution in [3.63, 3.8) is 0 Å². The maximum Gasteiger partial charge on any atom is 0.411 e. The van der Waals surface area contributed by atoms with Crippen molar-refractivity contribution < 1.29 is 9.53 Å². The van der Waals surface area contributed by atoms with Crippen molar-refractivity contribution in [2.24, 2.45) is 0 Å². The summed E-state index contributed by atoms with van der Waals surface area (Å²) in [6, 6.07) is 6.02. The van der Waals surface area contributed by atoms with Gasteiger partial charge in [0.25, 0.3) is 0 Å². The molecule has 1 aromatic carbocycles. The van der Waals surface area contributed by atoms with Gasteiger partial charge in [-0.3, -0.25) is 5.32 Å². The lowest BCUT2D eigenvalue weighted by molar-refractivity contribution is 0.187. The summed E-state index contributed by atoms with van der Waals surface area (Å²) in [6.45, 7) is 8.46. The Bertz CT molecular complexity index is 391.